The second kappa shape index (κ2) is 4.79. The van der Waals surface area contributed by atoms with Crippen LogP contribution in [0, 0.1) is 0 Å². The van der Waals surface area contributed by atoms with Crippen LogP contribution >= 0.6 is 0 Å². The Balaban J connectivity index is 2.36. The van der Waals surface area contributed by atoms with Crippen molar-refractivity contribution < 1.29 is 30.1 Å². The van der Waals surface area contributed by atoms with Gasteiger partial charge in [0.15, 0.2) is 0 Å². The van der Waals surface area contributed by atoms with E-state index in [4.69, 9.17) is 4.55 Å². The lowest BCUT2D eigenvalue weighted by Crippen LogP contribution is -2.27. The van der Waals surface area contributed by atoms with Gasteiger partial charge in [0.1, 0.15) is 5.25 Å². The fourth-order valence-electron chi connectivity index (χ4n) is 1.92. The molecular weight excluding hydrogens is 313 g/mol. The lowest BCUT2D eigenvalue weighted by Gasteiger charge is -2.16. The van der Waals surface area contributed by atoms with E-state index in [0.717, 1.165) is 17.0 Å². The summed E-state index contributed by atoms with van der Waals surface area (Å²) in [5.41, 5.74) is 0.0799. The van der Waals surface area contributed by atoms with Crippen molar-refractivity contribution in [2.24, 2.45) is 0 Å². The summed E-state index contributed by atoms with van der Waals surface area (Å²) in [4.78, 5) is 12.2. The van der Waals surface area contributed by atoms with E-state index in [1.807, 2.05) is 0 Å². The highest BCUT2D eigenvalue weighted by Gasteiger charge is 2.39. The zero-order valence-electron chi connectivity index (χ0n) is 9.93. The third-order valence-corrected chi connectivity index (χ3v) is 4.88. The van der Waals surface area contributed by atoms with Crippen molar-refractivity contribution in [3.05, 3.63) is 24.3 Å². The van der Waals surface area contributed by atoms with E-state index in [0.29, 0.717) is 0 Å². The topological polar surface area (TPSA) is 109 Å². The summed E-state index contributed by atoms with van der Waals surface area (Å²) in [6, 6.07) is 4.77. The molecule has 0 bridgehead atoms. The smallest absolute Gasteiger partial charge is 0.307 e. The zero-order valence-corrected chi connectivity index (χ0v) is 11.6. The Hall–Kier alpha value is -1.52. The van der Waals surface area contributed by atoms with Crippen molar-refractivity contribution in [1.82, 2.24) is 0 Å². The van der Waals surface area contributed by atoms with Crippen molar-refractivity contribution in [1.29, 1.82) is 0 Å². The Morgan fingerprint density at radius 2 is 1.90 bits per heavy atom. The van der Waals surface area contributed by atoms with Gasteiger partial charge in [-0.25, -0.2) is 0 Å². The molecule has 110 valence electrons. The molecule has 1 atom stereocenters. The summed E-state index contributed by atoms with van der Waals surface area (Å²) in [6.45, 7) is -0.396. The third kappa shape index (κ3) is 2.97. The maximum absolute atomic E-state index is 12.9. The lowest BCUT2D eigenvalue weighted by molar-refractivity contribution is -0.117. The second-order valence-electron chi connectivity index (χ2n) is 4.28. The quantitative estimate of drug-likeness (QED) is 0.634. The van der Waals surface area contributed by atoms with E-state index in [1.165, 1.54) is 12.1 Å². The van der Waals surface area contributed by atoms with Gasteiger partial charge in [-0.05, 0) is 18.2 Å². The third-order valence-electron chi connectivity index (χ3n) is 2.91. The van der Waals surface area contributed by atoms with Crippen LogP contribution in [0.15, 0.2) is 29.2 Å². The molecule has 1 aromatic rings. The van der Waals surface area contributed by atoms with Crippen LogP contribution in [0.5, 0.6) is 0 Å². The highest BCUT2D eigenvalue weighted by molar-refractivity contribution is 7.87. The van der Waals surface area contributed by atoms with Crippen LogP contribution in [-0.2, 0) is 25.1 Å². The summed E-state index contributed by atoms with van der Waals surface area (Å²) in [5, 5.41) is -1.47. The van der Waals surface area contributed by atoms with Gasteiger partial charge in [0.25, 0.3) is 10.1 Å². The number of carbonyl (C=O) groups excluding carboxylic acids is 1. The molecule has 20 heavy (non-hydrogen) atoms. The Morgan fingerprint density at radius 3 is 2.40 bits per heavy atom. The molecule has 1 amide bonds. The number of hydrogen-bond donors (Lipinski definition) is 1. The molecule has 10 heteroatoms. The minimum absolute atomic E-state index is 0.0799. The zero-order chi connectivity index (χ0) is 15.1. The molecule has 0 aromatic heterocycles. The maximum Gasteiger partial charge on any atom is 0.307 e. The number of nitrogens with zero attached hydrogens (tertiary/aromatic N) is 1. The molecular formula is C10H10FNO6S2. The molecule has 1 aromatic carbocycles. The minimum atomic E-state index is -4.85. The van der Waals surface area contributed by atoms with Crippen molar-refractivity contribution in [2.45, 2.75) is 16.6 Å². The van der Waals surface area contributed by atoms with E-state index in [9.17, 15) is 25.5 Å². The summed E-state index contributed by atoms with van der Waals surface area (Å²) in [7, 11) is -9.29. The first kappa shape index (κ1) is 14.9. The Bertz CT molecular complexity index is 758. The maximum atomic E-state index is 12.9. The summed E-state index contributed by atoms with van der Waals surface area (Å²) in [5.74, 6) is -0.635. The minimum Gasteiger partial charge on any atom is -0.311 e. The number of amides is 1. The van der Waals surface area contributed by atoms with E-state index in [1.54, 1.807) is 0 Å². The number of hydrogen-bond acceptors (Lipinski definition) is 5. The van der Waals surface area contributed by atoms with Crippen molar-refractivity contribution >= 4 is 31.9 Å². The van der Waals surface area contributed by atoms with E-state index >= 15 is 0 Å². The van der Waals surface area contributed by atoms with Gasteiger partial charge in [0, 0.05) is 18.7 Å². The van der Waals surface area contributed by atoms with Gasteiger partial charge in [-0.2, -0.15) is 16.8 Å². The first-order valence-electron chi connectivity index (χ1n) is 5.40. The van der Waals surface area contributed by atoms with Crippen molar-refractivity contribution in [2.75, 3.05) is 11.4 Å². The molecule has 1 aliphatic rings. The molecule has 1 fully saturated rings. The molecule has 1 heterocycles. The standard InChI is InChI=1S/C10H10FNO6S2/c11-19(14,15)9-5-10(13)12(6-9)7-2-1-3-8(4-7)20(16,17)18/h1-4,9H,5-6H2,(H,16,17,18). The van der Waals surface area contributed by atoms with Gasteiger partial charge < -0.3 is 4.90 Å². The highest BCUT2D eigenvalue weighted by Crippen LogP contribution is 2.27. The summed E-state index contributed by atoms with van der Waals surface area (Å²) in [6.07, 6.45) is -0.505. The molecule has 1 unspecified atom stereocenters. The molecule has 2 rings (SSSR count). The van der Waals surface area contributed by atoms with E-state index in [2.05, 4.69) is 0 Å². The molecule has 7 nitrogen and oxygen atoms in total. The number of halogens is 1. The number of benzene rings is 1. The van der Waals surface area contributed by atoms with Gasteiger partial charge in [-0.1, -0.05) is 6.07 Å². The Labute approximate surface area is 115 Å². The van der Waals surface area contributed by atoms with Crippen LogP contribution in [0.1, 0.15) is 6.42 Å². The monoisotopic (exact) mass is 323 g/mol. The predicted molar refractivity (Wildman–Crippen MR) is 67.0 cm³/mol. The van der Waals surface area contributed by atoms with Crippen LogP contribution in [0.4, 0.5) is 9.57 Å². The fourth-order valence-corrected chi connectivity index (χ4v) is 3.11. The highest BCUT2D eigenvalue weighted by atomic mass is 32.3. The average molecular weight is 323 g/mol. The summed E-state index contributed by atoms with van der Waals surface area (Å²) < 4.78 is 65.4. The predicted octanol–water partition coefficient (Wildman–Crippen LogP) is 0.338. The number of rotatable bonds is 3. The van der Waals surface area contributed by atoms with Gasteiger partial charge in [0.05, 0.1) is 4.90 Å². The molecule has 0 radical (unpaired) electrons. The van der Waals surface area contributed by atoms with Crippen LogP contribution in [-0.4, -0.2) is 39.1 Å². The van der Waals surface area contributed by atoms with Crippen LogP contribution < -0.4 is 4.90 Å². The molecule has 0 saturated carbocycles. The number of anilines is 1. The molecule has 1 N–H and O–H groups in total. The Kier molecular flexibility index (Phi) is 3.56. The first-order valence-corrected chi connectivity index (χ1v) is 8.29. The van der Waals surface area contributed by atoms with Crippen LogP contribution in [0.25, 0.3) is 0 Å². The van der Waals surface area contributed by atoms with Gasteiger partial charge in [-0.3, -0.25) is 9.35 Å². The largest absolute Gasteiger partial charge is 0.311 e. The SMILES string of the molecule is O=C1CC(S(=O)(=O)F)CN1c1cccc(S(=O)(=O)O)c1. The number of carbonyl (C=O) groups is 1. The normalized spacial score (nSPS) is 20.4. The van der Waals surface area contributed by atoms with Gasteiger partial charge in [0.2, 0.25) is 5.91 Å². The average Bonchev–Trinajstić information content (AvgIpc) is 2.70. The van der Waals surface area contributed by atoms with Crippen molar-refractivity contribution in [3.63, 3.8) is 0 Å². The Morgan fingerprint density at radius 1 is 1.25 bits per heavy atom. The summed E-state index contributed by atoms with van der Waals surface area (Å²) >= 11 is 0. The molecule has 1 saturated heterocycles. The van der Waals surface area contributed by atoms with Gasteiger partial charge in [-0.15, -0.1) is 3.89 Å². The lowest BCUT2D eigenvalue weighted by atomic mass is 10.3. The second-order valence-corrected chi connectivity index (χ2v) is 7.32. The molecule has 0 aliphatic carbocycles. The van der Waals surface area contributed by atoms with Crippen LogP contribution in [0.2, 0.25) is 0 Å². The van der Waals surface area contributed by atoms with Crippen molar-refractivity contribution in [3.8, 4) is 0 Å². The molecule has 0 spiro atoms. The van der Waals surface area contributed by atoms with Gasteiger partial charge >= 0.3 is 10.2 Å². The first-order chi connectivity index (χ1) is 9.09. The van der Waals surface area contributed by atoms with Crippen LogP contribution in [0.3, 0.4) is 0 Å². The molecule has 1 aliphatic heterocycles. The van der Waals surface area contributed by atoms with E-state index < -0.39 is 49.4 Å². The van der Waals surface area contributed by atoms with E-state index in [-0.39, 0.29) is 5.69 Å². The fraction of sp³-hybridized carbons (Fsp3) is 0.300.